The Morgan fingerprint density at radius 3 is 1.94 bits per heavy atom. The van der Waals surface area contributed by atoms with Gasteiger partial charge in [0.15, 0.2) is 12.6 Å². The van der Waals surface area contributed by atoms with Gasteiger partial charge in [0.05, 0.1) is 19.3 Å². The topological polar surface area (TPSA) is 179 Å². The molecule has 11 nitrogen and oxygen atoms in total. The Morgan fingerprint density at radius 1 is 0.758 bits per heavy atom. The van der Waals surface area contributed by atoms with Gasteiger partial charge in [0, 0.05) is 0 Å². The summed E-state index contributed by atoms with van der Waals surface area (Å²) in [5.41, 5.74) is 0. The van der Waals surface area contributed by atoms with Crippen molar-refractivity contribution < 1.29 is 54.7 Å². The zero-order valence-electron chi connectivity index (χ0n) is 19.4. The second kappa shape index (κ2) is 11.5. The van der Waals surface area contributed by atoms with E-state index in [2.05, 4.69) is 20.8 Å². The summed E-state index contributed by atoms with van der Waals surface area (Å²) in [7, 11) is 0. The normalized spacial score (nSPS) is 49.4. The minimum absolute atomic E-state index is 0.178. The smallest absolute Gasteiger partial charge is 0.187 e. The molecule has 0 radical (unpaired) electrons. The molecule has 0 aromatic heterocycles. The number of ether oxygens (including phenoxy) is 4. The van der Waals surface area contributed by atoms with Crippen molar-refractivity contribution in [2.75, 3.05) is 13.2 Å². The number of aliphatic hydroxyl groups excluding tert-OH is 7. The third-order valence-corrected chi connectivity index (χ3v) is 7.23. The molecule has 0 spiro atoms. The molecule has 33 heavy (non-hydrogen) atoms. The van der Waals surface area contributed by atoms with Crippen molar-refractivity contribution >= 4 is 0 Å². The summed E-state index contributed by atoms with van der Waals surface area (Å²) >= 11 is 0. The minimum atomic E-state index is -1.70. The Labute approximate surface area is 193 Å². The van der Waals surface area contributed by atoms with Crippen LogP contribution in [0.2, 0.25) is 0 Å². The Morgan fingerprint density at radius 2 is 1.33 bits per heavy atom. The molecule has 7 N–H and O–H groups in total. The molecule has 3 aliphatic rings. The van der Waals surface area contributed by atoms with E-state index in [0.29, 0.717) is 11.8 Å². The molecular weight excluding hydrogens is 440 g/mol. The first-order valence-corrected chi connectivity index (χ1v) is 11.8. The van der Waals surface area contributed by atoms with Crippen molar-refractivity contribution in [2.45, 2.75) is 108 Å². The van der Waals surface area contributed by atoms with Gasteiger partial charge in [-0.2, -0.15) is 0 Å². The Balaban J connectivity index is 1.70. The maximum Gasteiger partial charge on any atom is 0.187 e. The standard InChI is InChI=1S/C22H40O11/c1-9(2)11-5-4-10(3)6-12(11)30-21-19(29)17(27)20(14(8-24)32-21)33-22-18(28)16(26)15(25)13(7-23)31-22/h9-29H,4-8H2,1-3H3/t10-,11+,12-,13-,14-,15-,16+,17-,18-,19-,20-,21+,22-/m1/s1. The van der Waals surface area contributed by atoms with Gasteiger partial charge < -0.3 is 54.7 Å². The fourth-order valence-electron chi connectivity index (χ4n) is 5.11. The lowest BCUT2D eigenvalue weighted by molar-refractivity contribution is -0.365. The van der Waals surface area contributed by atoms with Crippen LogP contribution in [0, 0.1) is 17.8 Å². The molecule has 0 aromatic rings. The Kier molecular flexibility index (Phi) is 9.49. The first-order valence-electron chi connectivity index (χ1n) is 11.8. The molecule has 2 aliphatic heterocycles. The lowest BCUT2D eigenvalue weighted by Crippen LogP contribution is -2.65. The second-order valence-electron chi connectivity index (χ2n) is 10.0. The average Bonchev–Trinajstić information content (AvgIpc) is 2.78. The van der Waals surface area contributed by atoms with E-state index in [9.17, 15) is 35.7 Å². The van der Waals surface area contributed by atoms with Crippen molar-refractivity contribution in [3.8, 4) is 0 Å². The van der Waals surface area contributed by atoms with Crippen LogP contribution in [-0.4, -0.2) is 116 Å². The zero-order chi connectivity index (χ0) is 24.4. The first-order chi connectivity index (χ1) is 15.6. The highest BCUT2D eigenvalue weighted by atomic mass is 16.7. The molecule has 0 unspecified atom stereocenters. The lowest BCUT2D eigenvalue weighted by Gasteiger charge is -2.47. The highest BCUT2D eigenvalue weighted by molar-refractivity contribution is 4.94. The van der Waals surface area contributed by atoms with Crippen LogP contribution in [0.15, 0.2) is 0 Å². The predicted molar refractivity (Wildman–Crippen MR) is 113 cm³/mol. The van der Waals surface area contributed by atoms with Crippen LogP contribution in [-0.2, 0) is 18.9 Å². The van der Waals surface area contributed by atoms with E-state index < -0.39 is 74.6 Å². The van der Waals surface area contributed by atoms with Crippen molar-refractivity contribution in [3.05, 3.63) is 0 Å². The molecule has 13 atom stereocenters. The van der Waals surface area contributed by atoms with E-state index in [-0.39, 0.29) is 12.0 Å². The summed E-state index contributed by atoms with van der Waals surface area (Å²) < 4.78 is 22.8. The van der Waals surface area contributed by atoms with Gasteiger partial charge >= 0.3 is 0 Å². The maximum absolute atomic E-state index is 10.8. The van der Waals surface area contributed by atoms with Crippen LogP contribution in [0.4, 0.5) is 0 Å². The first kappa shape index (κ1) is 27.2. The van der Waals surface area contributed by atoms with E-state index in [1.54, 1.807) is 0 Å². The van der Waals surface area contributed by atoms with E-state index in [1.165, 1.54) is 0 Å². The molecule has 0 aromatic carbocycles. The summed E-state index contributed by atoms with van der Waals surface area (Å²) in [5, 5.41) is 70.9. The number of hydrogen-bond acceptors (Lipinski definition) is 11. The van der Waals surface area contributed by atoms with Gasteiger partial charge in [-0.25, -0.2) is 0 Å². The van der Waals surface area contributed by atoms with Gasteiger partial charge in [0.1, 0.15) is 48.8 Å². The molecule has 1 aliphatic carbocycles. The quantitative estimate of drug-likeness (QED) is 0.216. The van der Waals surface area contributed by atoms with Gasteiger partial charge in [0.2, 0.25) is 0 Å². The number of rotatable bonds is 7. The van der Waals surface area contributed by atoms with Crippen molar-refractivity contribution in [3.63, 3.8) is 0 Å². The minimum Gasteiger partial charge on any atom is -0.394 e. The summed E-state index contributed by atoms with van der Waals surface area (Å²) in [4.78, 5) is 0. The van der Waals surface area contributed by atoms with Crippen LogP contribution in [0.25, 0.3) is 0 Å². The van der Waals surface area contributed by atoms with Gasteiger partial charge in [-0.15, -0.1) is 0 Å². The predicted octanol–water partition coefficient (Wildman–Crippen LogP) is -1.91. The third-order valence-electron chi connectivity index (χ3n) is 7.23. The molecule has 194 valence electrons. The number of hydrogen-bond donors (Lipinski definition) is 7. The largest absolute Gasteiger partial charge is 0.394 e. The maximum atomic E-state index is 10.8. The van der Waals surface area contributed by atoms with Crippen LogP contribution in [0.3, 0.4) is 0 Å². The molecule has 2 heterocycles. The molecule has 0 amide bonds. The van der Waals surface area contributed by atoms with E-state index in [4.69, 9.17) is 18.9 Å². The van der Waals surface area contributed by atoms with Crippen LogP contribution in [0.5, 0.6) is 0 Å². The SMILES string of the molecule is CC(C)[C@@H]1CC[C@@H](C)C[C@H]1O[C@H]1O[C@H](CO)[C@@H](O[C@H]2O[C@H](CO)[C@@H](O)[C@H](O)[C@H]2O)[C@H](O)[C@H]1O. The van der Waals surface area contributed by atoms with E-state index in [0.717, 1.165) is 19.3 Å². The number of aliphatic hydroxyl groups is 7. The molecule has 0 bridgehead atoms. The van der Waals surface area contributed by atoms with Gasteiger partial charge in [-0.05, 0) is 30.6 Å². The summed E-state index contributed by atoms with van der Waals surface area (Å²) in [6.07, 6.45) is -11.7. The van der Waals surface area contributed by atoms with Crippen molar-refractivity contribution in [1.29, 1.82) is 0 Å². The van der Waals surface area contributed by atoms with E-state index in [1.807, 2.05) is 0 Å². The second-order valence-corrected chi connectivity index (χ2v) is 10.0. The van der Waals surface area contributed by atoms with Gasteiger partial charge in [-0.1, -0.05) is 27.2 Å². The lowest BCUT2D eigenvalue weighted by atomic mass is 9.75. The monoisotopic (exact) mass is 480 g/mol. The fraction of sp³-hybridized carbons (Fsp3) is 1.00. The summed E-state index contributed by atoms with van der Waals surface area (Å²) in [5.74, 6) is 1.08. The zero-order valence-corrected chi connectivity index (χ0v) is 19.4. The third kappa shape index (κ3) is 5.87. The van der Waals surface area contributed by atoms with E-state index >= 15 is 0 Å². The van der Waals surface area contributed by atoms with Crippen molar-refractivity contribution in [2.24, 2.45) is 17.8 Å². The Bertz CT molecular complexity index is 603. The highest BCUT2D eigenvalue weighted by Gasteiger charge is 2.51. The van der Waals surface area contributed by atoms with Gasteiger partial charge in [-0.3, -0.25) is 0 Å². The molecule has 1 saturated carbocycles. The fourth-order valence-corrected chi connectivity index (χ4v) is 5.11. The van der Waals surface area contributed by atoms with Crippen molar-refractivity contribution in [1.82, 2.24) is 0 Å². The average molecular weight is 481 g/mol. The van der Waals surface area contributed by atoms with Crippen LogP contribution < -0.4 is 0 Å². The van der Waals surface area contributed by atoms with Crippen LogP contribution >= 0.6 is 0 Å². The molecule has 11 heteroatoms. The molecule has 3 fully saturated rings. The highest BCUT2D eigenvalue weighted by Crippen LogP contribution is 2.38. The summed E-state index contributed by atoms with van der Waals surface area (Å²) in [6, 6.07) is 0. The molecule has 3 rings (SSSR count). The molecular formula is C22H40O11. The van der Waals surface area contributed by atoms with Crippen LogP contribution in [0.1, 0.15) is 40.0 Å². The Hall–Kier alpha value is -0.440. The van der Waals surface area contributed by atoms with Gasteiger partial charge in [0.25, 0.3) is 0 Å². The molecule has 2 saturated heterocycles. The summed E-state index contributed by atoms with van der Waals surface area (Å²) in [6.45, 7) is 5.14.